The van der Waals surface area contributed by atoms with E-state index in [1.54, 1.807) is 0 Å². The van der Waals surface area contributed by atoms with Crippen molar-refractivity contribution >= 4 is 23.0 Å². The lowest BCUT2D eigenvalue weighted by Gasteiger charge is -2.27. The second-order valence-corrected chi connectivity index (χ2v) is 6.98. The van der Waals surface area contributed by atoms with Gasteiger partial charge in [-0.3, -0.25) is 0 Å². The molecule has 0 spiro atoms. The van der Waals surface area contributed by atoms with E-state index in [2.05, 4.69) is 17.3 Å². The van der Waals surface area contributed by atoms with Crippen LogP contribution in [0.3, 0.4) is 0 Å². The number of hydrogen-bond acceptors (Lipinski definition) is 3. The Hall–Kier alpha value is -2.00. The number of nitrogens with two attached hydrogens (primary N) is 1. The van der Waals surface area contributed by atoms with Gasteiger partial charge in [0, 0.05) is 23.0 Å². The fraction of sp³-hybridized carbons (Fsp3) is 0.316. The average Bonchev–Trinajstić information content (AvgIpc) is 3.31. The number of anilines is 1. The summed E-state index contributed by atoms with van der Waals surface area (Å²) >= 11 is 5.98. The molecule has 0 saturated heterocycles. The normalized spacial score (nSPS) is 23.5. The molecule has 1 unspecified atom stereocenters. The summed E-state index contributed by atoms with van der Waals surface area (Å²) < 4.78 is 0. The summed E-state index contributed by atoms with van der Waals surface area (Å²) in [7, 11) is 0. The Bertz CT molecular complexity index is 780. The Labute approximate surface area is 141 Å². The topological polar surface area (TPSA) is 47.6 Å². The zero-order valence-corrected chi connectivity index (χ0v) is 13.8. The van der Waals surface area contributed by atoms with E-state index in [1.165, 1.54) is 18.4 Å². The molecule has 4 rings (SSSR count). The van der Waals surface area contributed by atoms with Gasteiger partial charge in [-0.2, -0.15) is 0 Å². The van der Waals surface area contributed by atoms with Crippen LogP contribution in [-0.4, -0.2) is 5.71 Å². The van der Waals surface area contributed by atoms with Crippen molar-refractivity contribution in [1.29, 1.82) is 0 Å². The molecular weight excluding hydrogens is 308 g/mol. The van der Waals surface area contributed by atoms with Crippen molar-refractivity contribution in [2.45, 2.75) is 31.8 Å². The molecule has 0 radical (unpaired) electrons. The second kappa shape index (κ2) is 5.27. The van der Waals surface area contributed by atoms with Crippen molar-refractivity contribution in [1.82, 2.24) is 0 Å². The predicted octanol–water partition coefficient (Wildman–Crippen LogP) is 4.66. The quantitative estimate of drug-likeness (QED) is 0.834. The molecule has 2 aromatic rings. The van der Waals surface area contributed by atoms with Crippen LogP contribution >= 0.6 is 11.6 Å². The molecule has 1 saturated carbocycles. The summed E-state index contributed by atoms with van der Waals surface area (Å²) in [5, 5.41) is 5.15. The second-order valence-electron chi connectivity index (χ2n) is 6.55. The van der Waals surface area contributed by atoms with Gasteiger partial charge in [0.15, 0.2) is 5.60 Å². The van der Waals surface area contributed by atoms with Crippen LogP contribution in [0.25, 0.3) is 0 Å². The van der Waals surface area contributed by atoms with Crippen LogP contribution in [0.15, 0.2) is 47.6 Å². The summed E-state index contributed by atoms with van der Waals surface area (Å²) in [6, 6.07) is 14.0. The van der Waals surface area contributed by atoms with E-state index in [4.69, 9.17) is 22.2 Å². The molecular formula is C19H19ClN2O. The molecule has 118 valence electrons. The Morgan fingerprint density at radius 3 is 2.57 bits per heavy atom. The first-order valence-corrected chi connectivity index (χ1v) is 8.34. The number of nitrogens with zero attached hydrogens (tertiary/aromatic N) is 1. The Morgan fingerprint density at radius 1 is 1.17 bits per heavy atom. The average molecular weight is 327 g/mol. The summed E-state index contributed by atoms with van der Waals surface area (Å²) in [5.74, 6) is 0.527. The maximum absolute atomic E-state index is 6.06. The van der Waals surface area contributed by atoms with E-state index < -0.39 is 0 Å². The monoisotopic (exact) mass is 326 g/mol. The minimum absolute atomic E-state index is 0.340. The Balaban J connectivity index is 1.68. The minimum Gasteiger partial charge on any atom is -0.399 e. The van der Waals surface area contributed by atoms with Crippen LogP contribution in [0.4, 0.5) is 5.69 Å². The fourth-order valence-corrected chi connectivity index (χ4v) is 3.47. The standard InChI is InChI=1S/C19H19ClN2O/c1-12-10-15(6-9-17(12)21)19(14-4-5-14)11-18(22-23-19)13-2-7-16(20)8-3-13/h2-3,6-10,14H,4-5,11,21H2,1H3. The molecule has 3 nitrogen and oxygen atoms in total. The molecule has 0 amide bonds. The van der Waals surface area contributed by atoms with Crippen LogP contribution in [-0.2, 0) is 10.4 Å². The number of aryl methyl sites for hydroxylation is 1. The van der Waals surface area contributed by atoms with Crippen LogP contribution in [0.5, 0.6) is 0 Å². The van der Waals surface area contributed by atoms with Gasteiger partial charge in [-0.1, -0.05) is 35.0 Å². The smallest absolute Gasteiger partial charge is 0.171 e. The fourth-order valence-electron chi connectivity index (χ4n) is 3.34. The molecule has 1 aliphatic carbocycles. The van der Waals surface area contributed by atoms with E-state index in [1.807, 2.05) is 37.3 Å². The SMILES string of the molecule is Cc1cc(C2(C3CC3)CC(c3ccc(Cl)cc3)=NO2)ccc1N. The summed E-state index contributed by atoms with van der Waals surface area (Å²) in [6.45, 7) is 2.04. The molecule has 0 bridgehead atoms. The van der Waals surface area contributed by atoms with Crippen molar-refractivity contribution < 1.29 is 4.84 Å². The lowest BCUT2D eigenvalue weighted by molar-refractivity contribution is -0.0417. The highest BCUT2D eigenvalue weighted by molar-refractivity contribution is 6.30. The first kappa shape index (κ1) is 14.6. The summed E-state index contributed by atoms with van der Waals surface area (Å²) in [5.41, 5.74) is 10.8. The van der Waals surface area contributed by atoms with Gasteiger partial charge in [-0.15, -0.1) is 0 Å². The predicted molar refractivity (Wildman–Crippen MR) is 93.7 cm³/mol. The van der Waals surface area contributed by atoms with Gasteiger partial charge in [-0.25, -0.2) is 0 Å². The zero-order valence-electron chi connectivity index (χ0n) is 13.1. The number of rotatable bonds is 3. The molecule has 1 fully saturated rings. The molecule has 0 aromatic heterocycles. The van der Waals surface area contributed by atoms with Gasteiger partial charge in [0.05, 0.1) is 5.71 Å². The van der Waals surface area contributed by atoms with Crippen molar-refractivity contribution in [3.63, 3.8) is 0 Å². The number of hydrogen-bond donors (Lipinski definition) is 1. The van der Waals surface area contributed by atoms with Crippen molar-refractivity contribution in [2.24, 2.45) is 11.1 Å². The van der Waals surface area contributed by atoms with E-state index >= 15 is 0 Å². The lowest BCUT2D eigenvalue weighted by atomic mass is 9.82. The van der Waals surface area contributed by atoms with Crippen LogP contribution in [0.1, 0.15) is 36.0 Å². The van der Waals surface area contributed by atoms with Crippen molar-refractivity contribution in [2.75, 3.05) is 5.73 Å². The molecule has 23 heavy (non-hydrogen) atoms. The first-order chi connectivity index (χ1) is 11.1. The highest BCUT2D eigenvalue weighted by Crippen LogP contribution is 2.53. The molecule has 2 N–H and O–H groups in total. The van der Waals surface area contributed by atoms with Crippen LogP contribution in [0, 0.1) is 12.8 Å². The van der Waals surface area contributed by atoms with Crippen molar-refractivity contribution in [3.8, 4) is 0 Å². The summed E-state index contributed by atoms with van der Waals surface area (Å²) in [4.78, 5) is 6.06. The van der Waals surface area contributed by atoms with Gasteiger partial charge in [0.2, 0.25) is 0 Å². The van der Waals surface area contributed by atoms with Gasteiger partial charge >= 0.3 is 0 Å². The number of oxime groups is 1. The van der Waals surface area contributed by atoms with Gasteiger partial charge < -0.3 is 10.6 Å². The summed E-state index contributed by atoms with van der Waals surface area (Å²) in [6.07, 6.45) is 3.17. The van der Waals surface area contributed by atoms with E-state index in [0.717, 1.165) is 34.0 Å². The highest BCUT2D eigenvalue weighted by Gasteiger charge is 2.52. The largest absolute Gasteiger partial charge is 0.399 e. The van der Waals surface area contributed by atoms with E-state index in [9.17, 15) is 0 Å². The van der Waals surface area contributed by atoms with Gasteiger partial charge in [0.1, 0.15) is 0 Å². The molecule has 1 atom stereocenters. The van der Waals surface area contributed by atoms with Crippen molar-refractivity contribution in [3.05, 3.63) is 64.2 Å². The number of nitrogen functional groups attached to an aromatic ring is 1. The van der Waals surface area contributed by atoms with Gasteiger partial charge in [-0.05, 0) is 60.7 Å². The van der Waals surface area contributed by atoms with Gasteiger partial charge in [0.25, 0.3) is 0 Å². The minimum atomic E-state index is -0.340. The third-order valence-corrected chi connectivity index (χ3v) is 5.17. The zero-order chi connectivity index (χ0) is 16.0. The van der Waals surface area contributed by atoms with Crippen LogP contribution < -0.4 is 5.73 Å². The number of halogens is 1. The maximum Gasteiger partial charge on any atom is 0.171 e. The molecule has 1 heterocycles. The van der Waals surface area contributed by atoms with Crippen LogP contribution in [0.2, 0.25) is 5.02 Å². The maximum atomic E-state index is 6.06. The lowest BCUT2D eigenvalue weighted by Crippen LogP contribution is -2.29. The Kier molecular flexibility index (Phi) is 3.34. The van der Waals surface area contributed by atoms with E-state index in [-0.39, 0.29) is 5.60 Å². The first-order valence-electron chi connectivity index (χ1n) is 7.96. The third kappa shape index (κ3) is 2.49. The van der Waals surface area contributed by atoms with E-state index in [0.29, 0.717) is 5.92 Å². The third-order valence-electron chi connectivity index (χ3n) is 4.92. The molecule has 2 aliphatic rings. The molecule has 2 aromatic carbocycles. The molecule has 4 heteroatoms. The highest BCUT2D eigenvalue weighted by atomic mass is 35.5. The number of benzene rings is 2. The Morgan fingerprint density at radius 2 is 1.91 bits per heavy atom. The molecule has 1 aliphatic heterocycles.